The van der Waals surface area contributed by atoms with E-state index in [2.05, 4.69) is 5.32 Å². The van der Waals surface area contributed by atoms with Gasteiger partial charge in [0.25, 0.3) is 0 Å². The van der Waals surface area contributed by atoms with Crippen LogP contribution in [-0.2, 0) is 10.2 Å². The molecule has 1 atom stereocenters. The smallest absolute Gasteiger partial charge is 0.226 e. The molecule has 1 aromatic carbocycles. The summed E-state index contributed by atoms with van der Waals surface area (Å²) in [5, 5.41) is 2.89. The van der Waals surface area contributed by atoms with Crippen LogP contribution in [0.1, 0.15) is 39.7 Å². The summed E-state index contributed by atoms with van der Waals surface area (Å²) in [5.41, 5.74) is -0.862. The van der Waals surface area contributed by atoms with Crippen LogP contribution in [0.25, 0.3) is 0 Å². The number of benzene rings is 1. The first-order valence-corrected chi connectivity index (χ1v) is 7.89. The van der Waals surface area contributed by atoms with Gasteiger partial charge < -0.3 is 5.32 Å². The fraction of sp³-hybridized carbons (Fsp3) is 0.588. The van der Waals surface area contributed by atoms with Gasteiger partial charge >= 0.3 is 0 Å². The second-order valence-corrected chi connectivity index (χ2v) is 7.73. The van der Waals surface area contributed by atoms with Crippen LogP contribution >= 0.6 is 11.6 Å². The van der Waals surface area contributed by atoms with Gasteiger partial charge in [-0.3, -0.25) is 4.79 Å². The van der Waals surface area contributed by atoms with E-state index in [0.717, 1.165) is 12.5 Å². The van der Waals surface area contributed by atoms with Gasteiger partial charge in [-0.05, 0) is 37.3 Å². The van der Waals surface area contributed by atoms with Crippen molar-refractivity contribution in [3.63, 3.8) is 0 Å². The third-order valence-corrected chi connectivity index (χ3v) is 5.53. The molecule has 1 fully saturated rings. The summed E-state index contributed by atoms with van der Waals surface area (Å²) in [7, 11) is 0. The number of carbonyl (C=O) groups is 1. The predicted molar refractivity (Wildman–Crippen MR) is 83.9 cm³/mol. The lowest BCUT2D eigenvalue weighted by Crippen LogP contribution is -2.43. The van der Waals surface area contributed by atoms with Gasteiger partial charge in [0, 0.05) is 23.9 Å². The van der Waals surface area contributed by atoms with Gasteiger partial charge in [0.15, 0.2) is 0 Å². The maximum Gasteiger partial charge on any atom is 0.226 e. The van der Waals surface area contributed by atoms with Crippen molar-refractivity contribution in [3.8, 4) is 0 Å². The van der Waals surface area contributed by atoms with Gasteiger partial charge in [0.1, 0.15) is 11.6 Å². The van der Waals surface area contributed by atoms with E-state index in [4.69, 9.17) is 11.6 Å². The summed E-state index contributed by atoms with van der Waals surface area (Å²) < 4.78 is 27.3. The maximum absolute atomic E-state index is 14.2. The van der Waals surface area contributed by atoms with Crippen molar-refractivity contribution in [2.24, 2.45) is 10.8 Å². The SMILES string of the molecule is CC(C)(CCl)C(=O)NCC1(c2ccc(F)cc2F)CC1(C)C. The minimum atomic E-state index is -0.677. The van der Waals surface area contributed by atoms with Gasteiger partial charge in [-0.1, -0.05) is 19.9 Å². The Hall–Kier alpha value is -1.16. The molecule has 1 N–H and O–H groups in total. The van der Waals surface area contributed by atoms with Crippen LogP contribution in [0.2, 0.25) is 0 Å². The zero-order chi connectivity index (χ0) is 16.8. The topological polar surface area (TPSA) is 29.1 Å². The Kier molecular flexibility index (Phi) is 4.29. The monoisotopic (exact) mass is 329 g/mol. The lowest BCUT2D eigenvalue weighted by Gasteiger charge is -2.26. The van der Waals surface area contributed by atoms with Gasteiger partial charge in [0.05, 0.1) is 5.41 Å². The number of nitrogens with one attached hydrogen (secondary N) is 1. The molecule has 0 radical (unpaired) electrons. The second kappa shape index (κ2) is 5.48. The molecule has 22 heavy (non-hydrogen) atoms. The number of carbonyl (C=O) groups excluding carboxylic acids is 1. The van der Waals surface area contributed by atoms with Gasteiger partial charge in [-0.2, -0.15) is 0 Å². The largest absolute Gasteiger partial charge is 0.355 e. The molecule has 5 heteroatoms. The molecule has 0 bridgehead atoms. The summed E-state index contributed by atoms with van der Waals surface area (Å²) in [4.78, 5) is 12.2. The molecule has 0 heterocycles. The van der Waals surface area contributed by atoms with Crippen molar-refractivity contribution in [3.05, 3.63) is 35.4 Å². The molecule has 1 amide bonds. The third-order valence-electron chi connectivity index (χ3n) is 4.86. The van der Waals surface area contributed by atoms with Crippen molar-refractivity contribution in [1.29, 1.82) is 0 Å². The van der Waals surface area contributed by atoms with Gasteiger partial charge in [0.2, 0.25) is 5.91 Å². The number of rotatable bonds is 5. The van der Waals surface area contributed by atoms with E-state index in [1.54, 1.807) is 13.8 Å². The molecular formula is C17H22ClF2NO. The lowest BCUT2D eigenvalue weighted by atomic mass is 9.86. The van der Waals surface area contributed by atoms with E-state index >= 15 is 0 Å². The zero-order valence-corrected chi connectivity index (χ0v) is 14.2. The van der Waals surface area contributed by atoms with Crippen molar-refractivity contribution < 1.29 is 13.6 Å². The molecule has 122 valence electrons. The average Bonchev–Trinajstić information content (AvgIpc) is 2.98. The molecule has 1 aliphatic rings. The minimum absolute atomic E-state index is 0.149. The van der Waals surface area contributed by atoms with E-state index in [-0.39, 0.29) is 17.2 Å². The van der Waals surface area contributed by atoms with Crippen molar-refractivity contribution in [2.45, 2.75) is 39.5 Å². The van der Waals surface area contributed by atoms with E-state index in [9.17, 15) is 13.6 Å². The molecule has 0 aromatic heterocycles. The third kappa shape index (κ3) is 2.85. The number of hydrogen-bond acceptors (Lipinski definition) is 1. The minimum Gasteiger partial charge on any atom is -0.355 e. The molecule has 2 rings (SSSR count). The fourth-order valence-electron chi connectivity index (χ4n) is 2.98. The lowest BCUT2D eigenvalue weighted by molar-refractivity contribution is -0.128. The summed E-state index contributed by atoms with van der Waals surface area (Å²) in [5.74, 6) is -1.11. The summed E-state index contributed by atoms with van der Waals surface area (Å²) in [6.45, 7) is 7.89. The van der Waals surface area contributed by atoms with Gasteiger partial charge in [-0.25, -0.2) is 8.78 Å². The van der Waals surface area contributed by atoms with Crippen LogP contribution in [0.4, 0.5) is 8.78 Å². The molecule has 1 aromatic rings. The van der Waals surface area contributed by atoms with Crippen LogP contribution in [0.5, 0.6) is 0 Å². The number of alkyl halides is 1. The summed E-state index contributed by atoms with van der Waals surface area (Å²) >= 11 is 5.81. The Morgan fingerprint density at radius 1 is 1.36 bits per heavy atom. The molecular weight excluding hydrogens is 308 g/mol. The second-order valence-electron chi connectivity index (χ2n) is 7.47. The number of hydrogen-bond donors (Lipinski definition) is 1. The Balaban J connectivity index is 2.23. The summed E-state index contributed by atoms with van der Waals surface area (Å²) in [6, 6.07) is 3.65. The highest BCUT2D eigenvalue weighted by molar-refractivity contribution is 6.19. The Labute approximate surface area is 135 Å². The first-order valence-electron chi connectivity index (χ1n) is 7.36. The van der Waals surface area contributed by atoms with Crippen LogP contribution in [-0.4, -0.2) is 18.3 Å². The Morgan fingerprint density at radius 2 is 1.95 bits per heavy atom. The van der Waals surface area contributed by atoms with Crippen LogP contribution < -0.4 is 5.32 Å². The quantitative estimate of drug-likeness (QED) is 0.812. The van der Waals surface area contributed by atoms with Crippen molar-refractivity contribution in [1.82, 2.24) is 5.32 Å². The van der Waals surface area contributed by atoms with Crippen molar-refractivity contribution in [2.75, 3.05) is 12.4 Å². The normalized spacial score (nSPS) is 23.2. The molecule has 0 aliphatic heterocycles. The predicted octanol–water partition coefficient (Wildman–Crippen LogP) is 4.01. The molecule has 1 unspecified atom stereocenters. The maximum atomic E-state index is 14.2. The number of halogens is 3. The van der Waals surface area contributed by atoms with E-state index in [1.807, 2.05) is 13.8 Å². The fourth-order valence-corrected chi connectivity index (χ4v) is 3.10. The highest BCUT2D eigenvalue weighted by Gasteiger charge is 2.63. The first kappa shape index (κ1) is 17.2. The summed E-state index contributed by atoms with van der Waals surface area (Å²) in [6.07, 6.45) is 0.740. The molecule has 1 saturated carbocycles. The molecule has 2 nitrogen and oxygen atoms in total. The van der Waals surface area contributed by atoms with Crippen LogP contribution in [0.3, 0.4) is 0 Å². The van der Waals surface area contributed by atoms with Crippen molar-refractivity contribution >= 4 is 17.5 Å². The highest BCUT2D eigenvalue weighted by Crippen LogP contribution is 2.64. The molecule has 1 aliphatic carbocycles. The number of amides is 1. The van der Waals surface area contributed by atoms with Crippen LogP contribution in [0, 0.1) is 22.5 Å². The van der Waals surface area contributed by atoms with E-state index in [1.165, 1.54) is 12.1 Å². The Morgan fingerprint density at radius 3 is 2.41 bits per heavy atom. The van der Waals surface area contributed by atoms with E-state index in [0.29, 0.717) is 12.1 Å². The average molecular weight is 330 g/mol. The molecule has 0 spiro atoms. The highest BCUT2D eigenvalue weighted by atomic mass is 35.5. The van der Waals surface area contributed by atoms with Gasteiger partial charge in [-0.15, -0.1) is 11.6 Å². The molecule has 0 saturated heterocycles. The zero-order valence-electron chi connectivity index (χ0n) is 13.4. The Bertz CT molecular complexity index is 600. The van der Waals surface area contributed by atoms with Crippen LogP contribution in [0.15, 0.2) is 18.2 Å². The van der Waals surface area contributed by atoms with E-state index < -0.39 is 22.5 Å². The first-order chi connectivity index (χ1) is 10.1. The standard InChI is InChI=1S/C17H22ClF2NO/c1-15(2,9-18)14(22)21-10-17(8-16(17,3)4)12-6-5-11(19)7-13(12)20/h5-7H,8-10H2,1-4H3,(H,21,22).